The Morgan fingerprint density at radius 1 is 0.667 bits per heavy atom. The van der Waals surface area contributed by atoms with Gasteiger partial charge in [-0.3, -0.25) is 9.59 Å². The second kappa shape index (κ2) is 11.4. The van der Waals surface area contributed by atoms with Gasteiger partial charge in [-0.15, -0.1) is 0 Å². The third kappa shape index (κ3) is 12.3. The zero-order valence-corrected chi connectivity index (χ0v) is 15.8. The molecule has 24 heavy (non-hydrogen) atoms. The lowest BCUT2D eigenvalue weighted by molar-refractivity contribution is -0.135. The van der Waals surface area contributed by atoms with E-state index in [2.05, 4.69) is 8.37 Å². The summed E-state index contributed by atoms with van der Waals surface area (Å²) in [7, 11) is -7.56. The number of rotatable bonds is 13. The first kappa shape index (κ1) is 22.8. The lowest BCUT2D eigenvalue weighted by atomic mass is 10.1. The van der Waals surface area contributed by atoms with Crippen molar-refractivity contribution in [3.05, 3.63) is 0 Å². The van der Waals surface area contributed by atoms with Gasteiger partial charge in [-0.1, -0.05) is 26.7 Å². The highest BCUT2D eigenvalue weighted by molar-refractivity contribution is 7.87. The van der Waals surface area contributed by atoms with E-state index in [1.165, 1.54) is 0 Å². The number of hydrogen-bond acceptors (Lipinski definition) is 8. The minimum Gasteiger partial charge on any atom is -0.346 e. The SMILES string of the molecule is CCCS(=O)(=O)OC(=O)CCCCCCC(=O)OS(=O)(=O)CCC. The third-order valence-electron chi connectivity index (χ3n) is 2.86. The normalized spacial score (nSPS) is 11.9. The molecule has 0 saturated carbocycles. The predicted molar refractivity (Wildman–Crippen MR) is 88.0 cm³/mol. The van der Waals surface area contributed by atoms with E-state index in [1.807, 2.05) is 0 Å². The molecule has 0 unspecified atom stereocenters. The molecule has 0 N–H and O–H groups in total. The van der Waals surface area contributed by atoms with Crippen LogP contribution in [0.3, 0.4) is 0 Å². The van der Waals surface area contributed by atoms with E-state index in [9.17, 15) is 26.4 Å². The molecule has 0 aromatic carbocycles. The minimum absolute atomic E-state index is 0.0156. The second-order valence-electron chi connectivity index (χ2n) is 5.35. The number of unbranched alkanes of at least 4 members (excludes halogenated alkanes) is 3. The molecule has 0 bridgehead atoms. The third-order valence-corrected chi connectivity index (χ3v) is 5.56. The van der Waals surface area contributed by atoms with Gasteiger partial charge in [0.25, 0.3) is 0 Å². The summed E-state index contributed by atoms with van der Waals surface area (Å²) in [4.78, 5) is 22.7. The van der Waals surface area contributed by atoms with E-state index in [4.69, 9.17) is 0 Å². The van der Waals surface area contributed by atoms with Crippen molar-refractivity contribution in [3.8, 4) is 0 Å². The Balaban J connectivity index is 3.81. The summed E-state index contributed by atoms with van der Waals surface area (Å²) in [6.07, 6.45) is 2.78. The number of carbonyl (C=O) groups excluding carboxylic acids is 2. The van der Waals surface area contributed by atoms with Crippen LogP contribution in [0.5, 0.6) is 0 Å². The minimum atomic E-state index is -3.78. The average Bonchev–Trinajstić information content (AvgIpc) is 2.41. The summed E-state index contributed by atoms with van der Waals surface area (Å²) in [6.45, 7) is 3.34. The Morgan fingerprint density at radius 3 is 1.29 bits per heavy atom. The molecule has 0 atom stereocenters. The molecule has 142 valence electrons. The lowest BCUT2D eigenvalue weighted by Crippen LogP contribution is -2.16. The van der Waals surface area contributed by atoms with Crippen LogP contribution < -0.4 is 0 Å². The highest BCUT2D eigenvalue weighted by atomic mass is 32.2. The zero-order valence-electron chi connectivity index (χ0n) is 14.2. The van der Waals surface area contributed by atoms with Crippen LogP contribution in [-0.2, 0) is 38.2 Å². The lowest BCUT2D eigenvalue weighted by Gasteiger charge is -2.05. The number of hydrogen-bond donors (Lipinski definition) is 0. The fourth-order valence-electron chi connectivity index (χ4n) is 1.84. The summed E-state index contributed by atoms with van der Waals surface area (Å²) in [6, 6.07) is 0. The van der Waals surface area contributed by atoms with Crippen LogP contribution in [0.15, 0.2) is 0 Å². The molecular formula is C14H26O8S2. The summed E-state index contributed by atoms with van der Waals surface area (Å²) in [5, 5.41) is 0. The van der Waals surface area contributed by atoms with Gasteiger partial charge >= 0.3 is 32.2 Å². The van der Waals surface area contributed by atoms with Gasteiger partial charge in [0.2, 0.25) is 0 Å². The Morgan fingerprint density at radius 2 is 1.00 bits per heavy atom. The van der Waals surface area contributed by atoms with Crippen molar-refractivity contribution in [1.29, 1.82) is 0 Å². The summed E-state index contributed by atoms with van der Waals surface area (Å²) >= 11 is 0. The van der Waals surface area contributed by atoms with Crippen molar-refractivity contribution < 1.29 is 34.8 Å². The first-order valence-electron chi connectivity index (χ1n) is 8.02. The van der Waals surface area contributed by atoms with Gasteiger partial charge in [0.1, 0.15) is 0 Å². The van der Waals surface area contributed by atoms with Crippen molar-refractivity contribution >= 4 is 32.2 Å². The van der Waals surface area contributed by atoms with Crippen molar-refractivity contribution in [2.24, 2.45) is 0 Å². The molecule has 0 fully saturated rings. The van der Waals surface area contributed by atoms with Crippen molar-refractivity contribution in [3.63, 3.8) is 0 Å². The van der Waals surface area contributed by atoms with E-state index in [0.717, 1.165) is 0 Å². The summed E-state index contributed by atoms with van der Waals surface area (Å²) in [5.74, 6) is -1.95. The maximum atomic E-state index is 11.4. The van der Waals surface area contributed by atoms with Gasteiger partial charge in [0.05, 0.1) is 11.5 Å². The van der Waals surface area contributed by atoms with Crippen LogP contribution >= 0.6 is 0 Å². The van der Waals surface area contributed by atoms with Crippen LogP contribution in [0.2, 0.25) is 0 Å². The van der Waals surface area contributed by atoms with Crippen LogP contribution in [0.25, 0.3) is 0 Å². The molecule has 0 aromatic rings. The molecule has 0 aliphatic heterocycles. The van der Waals surface area contributed by atoms with Gasteiger partial charge in [-0.25, -0.2) is 0 Å². The van der Waals surface area contributed by atoms with Crippen LogP contribution in [0, 0.1) is 0 Å². The van der Waals surface area contributed by atoms with Crippen LogP contribution in [-0.4, -0.2) is 40.3 Å². The quantitative estimate of drug-likeness (QED) is 0.347. The van der Waals surface area contributed by atoms with E-state index in [0.29, 0.717) is 38.5 Å². The molecule has 10 heteroatoms. The molecule has 0 heterocycles. The molecule has 0 saturated heterocycles. The summed E-state index contributed by atoms with van der Waals surface area (Å²) < 4.78 is 53.9. The molecule has 0 aliphatic carbocycles. The van der Waals surface area contributed by atoms with Gasteiger partial charge in [0, 0.05) is 12.8 Å². The number of carbonyl (C=O) groups is 2. The van der Waals surface area contributed by atoms with Crippen molar-refractivity contribution in [2.75, 3.05) is 11.5 Å². The van der Waals surface area contributed by atoms with Gasteiger partial charge < -0.3 is 8.37 Å². The van der Waals surface area contributed by atoms with Gasteiger partial charge in [-0.05, 0) is 25.7 Å². The fourth-order valence-corrected chi connectivity index (χ4v) is 3.74. The molecule has 0 spiro atoms. The molecule has 0 rings (SSSR count). The Bertz CT molecular complexity index is 538. The molecule has 0 aromatic heterocycles. The second-order valence-corrected chi connectivity index (χ2v) is 8.73. The highest BCUT2D eigenvalue weighted by Gasteiger charge is 2.16. The van der Waals surface area contributed by atoms with E-state index in [1.54, 1.807) is 13.8 Å². The predicted octanol–water partition coefficient (Wildman–Crippen LogP) is 1.89. The maximum Gasteiger partial charge on any atom is 0.322 e. The Kier molecular flexibility index (Phi) is 10.9. The monoisotopic (exact) mass is 386 g/mol. The van der Waals surface area contributed by atoms with Gasteiger partial charge in [-0.2, -0.15) is 16.8 Å². The first-order valence-corrected chi connectivity index (χ1v) is 11.2. The van der Waals surface area contributed by atoms with E-state index >= 15 is 0 Å². The molecule has 0 radical (unpaired) electrons. The van der Waals surface area contributed by atoms with Gasteiger partial charge in [0.15, 0.2) is 0 Å². The molecule has 8 nitrogen and oxygen atoms in total. The standard InChI is InChI=1S/C14H26O8S2/c1-3-11-23(17,18)21-13(15)9-7-5-6-8-10-14(16)22-24(19,20)12-4-2/h3-12H2,1-2H3. The first-order chi connectivity index (χ1) is 11.1. The van der Waals surface area contributed by atoms with Crippen molar-refractivity contribution in [1.82, 2.24) is 0 Å². The van der Waals surface area contributed by atoms with Crippen LogP contribution in [0.1, 0.15) is 65.2 Å². The molecule has 0 amide bonds. The van der Waals surface area contributed by atoms with E-state index < -0.39 is 32.2 Å². The van der Waals surface area contributed by atoms with Crippen LogP contribution in [0.4, 0.5) is 0 Å². The topological polar surface area (TPSA) is 121 Å². The summed E-state index contributed by atoms with van der Waals surface area (Å²) in [5.41, 5.74) is 0. The largest absolute Gasteiger partial charge is 0.346 e. The molecular weight excluding hydrogens is 360 g/mol. The van der Waals surface area contributed by atoms with Crippen molar-refractivity contribution in [2.45, 2.75) is 65.2 Å². The fraction of sp³-hybridized carbons (Fsp3) is 0.857. The zero-order chi connectivity index (χ0) is 18.6. The average molecular weight is 386 g/mol. The maximum absolute atomic E-state index is 11.4. The smallest absolute Gasteiger partial charge is 0.322 e. The van der Waals surface area contributed by atoms with E-state index in [-0.39, 0.29) is 24.3 Å². The molecule has 0 aliphatic rings. The Hall–Kier alpha value is -1.16. The highest BCUT2D eigenvalue weighted by Crippen LogP contribution is 2.09. The Labute approximate surface area is 144 Å².